The van der Waals surface area contributed by atoms with Crippen LogP contribution in [0.2, 0.25) is 0 Å². The van der Waals surface area contributed by atoms with Gasteiger partial charge in [-0.3, -0.25) is 4.79 Å². The zero-order chi connectivity index (χ0) is 14.3. The summed E-state index contributed by atoms with van der Waals surface area (Å²) in [5.41, 5.74) is 1.39. The Hall–Kier alpha value is -1.35. The molecule has 1 saturated carbocycles. The van der Waals surface area contributed by atoms with Crippen LogP contribution in [0.4, 0.5) is 0 Å². The molecule has 4 rings (SSSR count). The van der Waals surface area contributed by atoms with E-state index < -0.39 is 0 Å². The Labute approximate surface area is 126 Å². The molecule has 112 valence electrons. The molecule has 3 aliphatic rings. The Morgan fingerprint density at radius 2 is 1.90 bits per heavy atom. The molecule has 1 aliphatic carbocycles. The van der Waals surface area contributed by atoms with Crippen molar-refractivity contribution in [3.63, 3.8) is 0 Å². The molecule has 0 aromatic heterocycles. The van der Waals surface area contributed by atoms with Gasteiger partial charge in [0.15, 0.2) is 0 Å². The van der Waals surface area contributed by atoms with E-state index in [0.717, 1.165) is 45.4 Å². The maximum atomic E-state index is 13.1. The summed E-state index contributed by atoms with van der Waals surface area (Å²) in [5, 5.41) is 3.49. The van der Waals surface area contributed by atoms with Crippen molar-refractivity contribution in [2.24, 2.45) is 5.41 Å². The predicted octanol–water partition coefficient (Wildman–Crippen LogP) is 2.32. The van der Waals surface area contributed by atoms with Crippen LogP contribution in [0.15, 0.2) is 30.3 Å². The average Bonchev–Trinajstić information content (AvgIpc) is 3.24. The third-order valence-electron chi connectivity index (χ3n) is 5.77. The number of likely N-dealkylation sites (tertiary alicyclic amines) is 1. The summed E-state index contributed by atoms with van der Waals surface area (Å²) >= 11 is 0. The lowest BCUT2D eigenvalue weighted by atomic mass is 9.78. The van der Waals surface area contributed by atoms with Gasteiger partial charge >= 0.3 is 0 Å². The monoisotopic (exact) mass is 284 g/mol. The van der Waals surface area contributed by atoms with Crippen LogP contribution >= 0.6 is 0 Å². The van der Waals surface area contributed by atoms with E-state index in [1.807, 2.05) is 6.07 Å². The molecule has 1 amide bonds. The molecular formula is C18H24N2O. The van der Waals surface area contributed by atoms with Crippen molar-refractivity contribution in [2.75, 3.05) is 26.2 Å². The van der Waals surface area contributed by atoms with Gasteiger partial charge in [-0.05, 0) is 44.2 Å². The minimum Gasteiger partial charge on any atom is -0.341 e. The first-order valence-electron chi connectivity index (χ1n) is 8.30. The van der Waals surface area contributed by atoms with Crippen LogP contribution in [-0.2, 0) is 10.2 Å². The number of hydrogen-bond acceptors (Lipinski definition) is 2. The van der Waals surface area contributed by atoms with Gasteiger partial charge in [0.1, 0.15) is 0 Å². The minimum atomic E-state index is -0.189. The third kappa shape index (κ3) is 2.18. The highest BCUT2D eigenvalue weighted by molar-refractivity contribution is 5.91. The van der Waals surface area contributed by atoms with Crippen LogP contribution in [0.5, 0.6) is 0 Å². The van der Waals surface area contributed by atoms with Crippen LogP contribution in [0.1, 0.15) is 37.7 Å². The molecule has 3 nitrogen and oxygen atoms in total. The van der Waals surface area contributed by atoms with Gasteiger partial charge in [0.05, 0.1) is 5.41 Å². The van der Waals surface area contributed by atoms with E-state index in [0.29, 0.717) is 11.3 Å². The van der Waals surface area contributed by atoms with Crippen molar-refractivity contribution in [3.8, 4) is 0 Å². The Kier molecular flexibility index (Phi) is 3.07. The fourth-order valence-corrected chi connectivity index (χ4v) is 4.34. The number of hydrogen-bond donors (Lipinski definition) is 1. The zero-order valence-corrected chi connectivity index (χ0v) is 12.6. The second-order valence-corrected chi connectivity index (χ2v) is 7.21. The van der Waals surface area contributed by atoms with Crippen molar-refractivity contribution in [1.29, 1.82) is 0 Å². The first kappa shape index (κ1) is 13.3. The van der Waals surface area contributed by atoms with E-state index in [1.54, 1.807) is 0 Å². The number of carbonyl (C=O) groups excluding carboxylic acids is 1. The summed E-state index contributed by atoms with van der Waals surface area (Å²) in [6.45, 7) is 4.13. The van der Waals surface area contributed by atoms with Crippen molar-refractivity contribution >= 4 is 5.91 Å². The number of nitrogens with zero attached hydrogens (tertiary/aromatic N) is 1. The van der Waals surface area contributed by atoms with Crippen molar-refractivity contribution < 1.29 is 4.79 Å². The number of rotatable bonds is 2. The number of piperidine rings is 1. The zero-order valence-electron chi connectivity index (χ0n) is 12.6. The molecule has 1 atom stereocenters. The molecule has 0 bridgehead atoms. The smallest absolute Gasteiger partial charge is 0.233 e. The average molecular weight is 284 g/mol. The van der Waals surface area contributed by atoms with Crippen molar-refractivity contribution in [2.45, 2.75) is 37.5 Å². The van der Waals surface area contributed by atoms with Crippen LogP contribution in [0, 0.1) is 5.41 Å². The third-order valence-corrected chi connectivity index (χ3v) is 5.77. The molecule has 1 N–H and O–H groups in total. The molecule has 1 spiro atoms. The highest BCUT2D eigenvalue weighted by Crippen LogP contribution is 2.50. The first-order chi connectivity index (χ1) is 10.2. The van der Waals surface area contributed by atoms with Gasteiger partial charge in [-0.1, -0.05) is 30.3 Å². The van der Waals surface area contributed by atoms with Gasteiger partial charge in [0.2, 0.25) is 5.91 Å². The first-order valence-corrected chi connectivity index (χ1v) is 8.30. The van der Waals surface area contributed by atoms with Gasteiger partial charge in [0, 0.05) is 25.0 Å². The van der Waals surface area contributed by atoms with Crippen LogP contribution < -0.4 is 5.32 Å². The quantitative estimate of drug-likeness (QED) is 0.904. The Morgan fingerprint density at radius 3 is 2.57 bits per heavy atom. The van der Waals surface area contributed by atoms with Crippen LogP contribution in [0.3, 0.4) is 0 Å². The SMILES string of the molecule is O=C(N1CCCC2(CCNC2)C1)C1(c2ccccc2)CC1. The minimum absolute atomic E-state index is 0.189. The summed E-state index contributed by atoms with van der Waals surface area (Å²) in [4.78, 5) is 15.3. The van der Waals surface area contributed by atoms with Crippen LogP contribution in [0.25, 0.3) is 0 Å². The maximum absolute atomic E-state index is 13.1. The van der Waals surface area contributed by atoms with Crippen LogP contribution in [-0.4, -0.2) is 37.0 Å². The number of carbonyl (C=O) groups is 1. The molecule has 3 heteroatoms. The lowest BCUT2D eigenvalue weighted by Crippen LogP contribution is -2.50. The molecule has 0 radical (unpaired) electrons. The van der Waals surface area contributed by atoms with Crippen molar-refractivity contribution in [3.05, 3.63) is 35.9 Å². The Morgan fingerprint density at radius 1 is 1.10 bits per heavy atom. The van der Waals surface area contributed by atoms with Gasteiger partial charge in [-0.15, -0.1) is 0 Å². The fraction of sp³-hybridized carbons (Fsp3) is 0.611. The lowest BCUT2D eigenvalue weighted by molar-refractivity contribution is -0.137. The summed E-state index contributed by atoms with van der Waals surface area (Å²) in [6.07, 6.45) is 5.73. The van der Waals surface area contributed by atoms with E-state index in [-0.39, 0.29) is 5.41 Å². The normalized spacial score (nSPS) is 30.6. The number of benzene rings is 1. The summed E-state index contributed by atoms with van der Waals surface area (Å²) in [5.74, 6) is 0.389. The summed E-state index contributed by atoms with van der Waals surface area (Å²) in [7, 11) is 0. The maximum Gasteiger partial charge on any atom is 0.233 e. The van der Waals surface area contributed by atoms with E-state index >= 15 is 0 Å². The standard InChI is InChI=1S/C18H24N2O/c21-16(18(8-9-18)15-5-2-1-3-6-15)20-12-4-7-17(14-20)10-11-19-13-17/h1-3,5-6,19H,4,7-14H2. The van der Waals surface area contributed by atoms with Gasteiger partial charge < -0.3 is 10.2 Å². The Bertz CT molecular complexity index is 529. The molecule has 1 unspecified atom stereocenters. The molecule has 2 saturated heterocycles. The molecule has 1 aromatic carbocycles. The summed E-state index contributed by atoms with van der Waals surface area (Å²) in [6, 6.07) is 10.4. The second-order valence-electron chi connectivity index (χ2n) is 7.21. The van der Waals surface area contributed by atoms with E-state index in [4.69, 9.17) is 0 Å². The van der Waals surface area contributed by atoms with E-state index in [1.165, 1.54) is 18.4 Å². The fourth-order valence-electron chi connectivity index (χ4n) is 4.34. The van der Waals surface area contributed by atoms with Gasteiger partial charge in [-0.2, -0.15) is 0 Å². The highest BCUT2D eigenvalue weighted by atomic mass is 16.2. The van der Waals surface area contributed by atoms with Gasteiger partial charge in [0.25, 0.3) is 0 Å². The highest BCUT2D eigenvalue weighted by Gasteiger charge is 2.54. The number of amides is 1. The Balaban J connectivity index is 1.55. The topological polar surface area (TPSA) is 32.3 Å². The van der Waals surface area contributed by atoms with Crippen molar-refractivity contribution in [1.82, 2.24) is 10.2 Å². The molecular weight excluding hydrogens is 260 g/mol. The van der Waals surface area contributed by atoms with E-state index in [9.17, 15) is 4.79 Å². The van der Waals surface area contributed by atoms with E-state index in [2.05, 4.69) is 34.5 Å². The molecule has 1 aromatic rings. The molecule has 2 heterocycles. The molecule has 3 fully saturated rings. The molecule has 2 aliphatic heterocycles. The second kappa shape index (κ2) is 4.84. The lowest BCUT2D eigenvalue weighted by Gasteiger charge is -2.41. The summed E-state index contributed by atoms with van der Waals surface area (Å²) < 4.78 is 0. The predicted molar refractivity (Wildman–Crippen MR) is 83.1 cm³/mol. The largest absolute Gasteiger partial charge is 0.341 e. The number of nitrogens with one attached hydrogen (secondary N) is 1. The van der Waals surface area contributed by atoms with Gasteiger partial charge in [-0.25, -0.2) is 0 Å². The molecule has 21 heavy (non-hydrogen) atoms.